The second kappa shape index (κ2) is 28.8. The van der Waals surface area contributed by atoms with Crippen LogP contribution in [0.3, 0.4) is 0 Å². The molecule has 0 bridgehead atoms. The van der Waals surface area contributed by atoms with Gasteiger partial charge in [-0.1, -0.05) is 35.9 Å². The maximum absolute atomic E-state index is 13.2. The van der Waals surface area contributed by atoms with Crippen LogP contribution in [0, 0.1) is 47.4 Å². The monoisotopic (exact) mass is 1390 g/mol. The Kier molecular flexibility index (Phi) is 20.9. The third-order valence-corrected chi connectivity index (χ3v) is 19.4. The number of nitrogens with zero attached hydrogens (tertiary/aromatic N) is 9. The molecule has 0 aliphatic carbocycles. The Bertz CT molecular complexity index is 4350. The van der Waals surface area contributed by atoms with E-state index in [9.17, 15) is 27.9 Å². The molecule has 0 aromatic heterocycles. The molecule has 98 heavy (non-hydrogen) atoms. The van der Waals surface area contributed by atoms with Gasteiger partial charge in [-0.05, 0) is 244 Å². The molecule has 6 aliphatic rings. The van der Waals surface area contributed by atoms with Crippen molar-refractivity contribution in [1.29, 1.82) is 0 Å². The summed E-state index contributed by atoms with van der Waals surface area (Å²) in [7, 11) is -3.62. The fourth-order valence-corrected chi connectivity index (χ4v) is 13.8. The Morgan fingerprint density at radius 3 is 0.990 bits per heavy atom. The number of hydrogen-bond acceptors (Lipinski definition) is 15. The van der Waals surface area contributed by atoms with Gasteiger partial charge in [0.05, 0.1) is 64.3 Å². The number of phenolic OH excluding ortho intramolecular Hbond substituents is 1. The van der Waals surface area contributed by atoms with E-state index in [2.05, 4.69) is 14.5 Å². The minimum absolute atomic E-state index is 0.101. The first-order valence-electron chi connectivity index (χ1n) is 31.1. The maximum Gasteiger partial charge on any atom is 0.297 e. The fraction of sp³-hybridized carbons (Fsp3) is 0.301. The molecule has 25 heteroatoms. The van der Waals surface area contributed by atoms with Gasteiger partial charge in [0, 0.05) is 34.1 Å². The summed E-state index contributed by atoms with van der Waals surface area (Å²) in [6, 6.07) is 44.2. The van der Waals surface area contributed by atoms with Gasteiger partial charge in [0.1, 0.15) is 52.2 Å². The number of aryl methyl sites for hydroxylation is 4. The molecule has 6 saturated heterocycles. The molecule has 7 aromatic carbocycles. The van der Waals surface area contributed by atoms with Crippen molar-refractivity contribution in [3.05, 3.63) is 208 Å². The fourth-order valence-electron chi connectivity index (χ4n) is 11.2. The second-order valence-electron chi connectivity index (χ2n) is 25.3. The third kappa shape index (κ3) is 14.5. The van der Waals surface area contributed by atoms with Crippen LogP contribution in [0.1, 0.15) is 63.8 Å². The molecule has 7 aromatic rings. The number of thiocarbonyl (C=S) groups is 3. The summed E-state index contributed by atoms with van der Waals surface area (Å²) in [5.74, 6) is 1.33. The molecule has 6 heterocycles. The Hall–Kier alpha value is -9.72. The van der Waals surface area contributed by atoms with Gasteiger partial charge >= 0.3 is 0 Å². The number of carbonyl (C=O) groups is 3. The quantitative estimate of drug-likeness (QED) is 0.0650. The lowest BCUT2D eigenvalue weighted by Crippen LogP contribution is -2.44. The molecule has 0 spiro atoms. The van der Waals surface area contributed by atoms with E-state index in [0.29, 0.717) is 89.1 Å². The number of rotatable bonds is 13. The highest BCUT2D eigenvalue weighted by Crippen LogP contribution is 2.42. The number of ether oxygens (including phenoxy) is 5. The topological polar surface area (TPSA) is 193 Å². The van der Waals surface area contributed by atoms with Crippen LogP contribution in [0.5, 0.6) is 17.2 Å². The van der Waals surface area contributed by atoms with Gasteiger partial charge in [-0.3, -0.25) is 33.3 Å². The second-order valence-corrected chi connectivity index (χ2v) is 27.9. The number of aromatic hydroxyl groups is 1. The van der Waals surface area contributed by atoms with Gasteiger partial charge in [0.2, 0.25) is 0 Å². The van der Waals surface area contributed by atoms with Crippen molar-refractivity contribution in [1.82, 2.24) is 0 Å². The van der Waals surface area contributed by atoms with Crippen LogP contribution in [-0.2, 0) is 42.9 Å². The summed E-state index contributed by atoms with van der Waals surface area (Å²) in [5.41, 5.74) is 6.94. The zero-order chi connectivity index (χ0) is 70.8. The summed E-state index contributed by atoms with van der Waals surface area (Å²) in [6.45, 7) is 43.3. The van der Waals surface area contributed by atoms with E-state index in [-0.39, 0.29) is 46.7 Å². The van der Waals surface area contributed by atoms with Gasteiger partial charge in [0.15, 0.2) is 32.4 Å². The van der Waals surface area contributed by atoms with Crippen LogP contribution in [0.15, 0.2) is 157 Å². The summed E-state index contributed by atoms with van der Waals surface area (Å²) >= 11 is 17.0. The number of carbonyl (C=O) groups excluding carboxylic acids is 3. The first-order valence-corrected chi connectivity index (χ1v) is 33.7. The minimum atomic E-state index is -3.62. The molecule has 21 nitrogen and oxygen atoms in total. The standard InChI is InChI=1S/2C22H21N3O3S.C19H17N3O2S.C10H12O4S/c2*1-14-11-16(7-10-19(14)23-4)24-20(26)22(2,3)25(21(24)29)15-5-8-17(9-6-15)28-18-12-27-13-18;1-12-11-14(7-10-16(12)20-4)21-17(24)19(2,3)22(18(21)25)13-5-8-15(23)9-6-13;1-8-2-4-10(5-3-8)15(11,12)14-9-6-13-7-9/h2*5-11,18H,12-13H2,1-3H3;5-11,23H,1-3H3;2-5,9H,6-7H2,1H3. The third-order valence-electron chi connectivity index (χ3n) is 17.0. The van der Waals surface area contributed by atoms with Gasteiger partial charge < -0.3 is 43.5 Å². The van der Waals surface area contributed by atoms with Crippen molar-refractivity contribution in [3.8, 4) is 17.2 Å². The van der Waals surface area contributed by atoms with E-state index in [4.69, 9.17) is 84.2 Å². The van der Waals surface area contributed by atoms with Gasteiger partial charge in [-0.25, -0.2) is 14.5 Å². The molecule has 3 amide bonds. The summed E-state index contributed by atoms with van der Waals surface area (Å²) in [4.78, 5) is 60.3. The molecular formula is C73H71N9O12S4. The van der Waals surface area contributed by atoms with Crippen molar-refractivity contribution in [2.75, 3.05) is 69.0 Å². The van der Waals surface area contributed by atoms with E-state index >= 15 is 0 Å². The van der Waals surface area contributed by atoms with Crippen LogP contribution in [0.4, 0.5) is 51.2 Å². The van der Waals surface area contributed by atoms with E-state index in [1.165, 1.54) is 4.90 Å². The van der Waals surface area contributed by atoms with Crippen molar-refractivity contribution in [2.24, 2.45) is 0 Å². The predicted molar refractivity (Wildman–Crippen MR) is 388 cm³/mol. The van der Waals surface area contributed by atoms with Crippen molar-refractivity contribution in [3.63, 3.8) is 0 Å². The summed E-state index contributed by atoms with van der Waals surface area (Å²) in [5, 5.41) is 10.7. The molecule has 13 rings (SSSR count). The highest BCUT2D eigenvalue weighted by molar-refractivity contribution is 7.86. The van der Waals surface area contributed by atoms with Gasteiger partial charge in [-0.15, -0.1) is 0 Å². The van der Waals surface area contributed by atoms with Crippen molar-refractivity contribution in [2.45, 2.75) is 109 Å². The van der Waals surface area contributed by atoms with E-state index in [1.54, 1.807) is 106 Å². The molecule has 0 atom stereocenters. The lowest BCUT2D eigenvalue weighted by Gasteiger charge is -2.30. The Morgan fingerprint density at radius 2 is 0.724 bits per heavy atom. The number of amides is 3. The zero-order valence-corrected chi connectivity index (χ0v) is 58.8. The van der Waals surface area contributed by atoms with Crippen LogP contribution in [-0.4, -0.2) is 121 Å². The van der Waals surface area contributed by atoms with Crippen LogP contribution in [0.25, 0.3) is 14.5 Å². The Morgan fingerprint density at radius 1 is 0.439 bits per heavy atom. The number of phenols is 1. The van der Waals surface area contributed by atoms with Crippen LogP contribution in [0.2, 0.25) is 0 Å². The largest absolute Gasteiger partial charge is 0.508 e. The number of benzene rings is 7. The molecule has 6 fully saturated rings. The van der Waals surface area contributed by atoms with E-state index < -0.39 is 26.7 Å². The molecule has 6 aliphatic heterocycles. The Balaban J connectivity index is 0.000000145. The average Bonchev–Trinajstić information content (AvgIpc) is 1.60. The van der Waals surface area contributed by atoms with E-state index in [0.717, 1.165) is 50.8 Å². The highest BCUT2D eigenvalue weighted by Gasteiger charge is 2.53. The van der Waals surface area contributed by atoms with Crippen molar-refractivity contribution >= 4 is 131 Å². The molecule has 0 radical (unpaired) electrons. The smallest absolute Gasteiger partial charge is 0.297 e. The molecule has 0 saturated carbocycles. The van der Waals surface area contributed by atoms with E-state index in [1.807, 2.05) is 140 Å². The highest BCUT2D eigenvalue weighted by atomic mass is 32.2. The molecule has 504 valence electrons. The maximum atomic E-state index is 13.2. The number of hydrogen-bond donors (Lipinski definition) is 1. The Labute approximate surface area is 586 Å². The van der Waals surface area contributed by atoms with Crippen LogP contribution < -0.4 is 38.9 Å². The first-order chi connectivity index (χ1) is 46.5. The van der Waals surface area contributed by atoms with Crippen LogP contribution >= 0.6 is 36.7 Å². The SMILES string of the molecule is Cc1ccc(S(=O)(=O)OC2COC2)cc1.[C-]#[N+]c1ccc(N2C(=O)C(C)(C)N(c3ccc(O)cc3)C2=S)cc1C.[C-]#[N+]c1ccc(N2C(=O)C(C)(C)N(c3ccc(OC4COC4)cc3)C2=S)cc1C.[C-]#[N+]c1ccc(N2C(=O)C(C)(C)N(c3ccc(OC4COC4)cc3)C2=S)cc1C. The summed E-state index contributed by atoms with van der Waals surface area (Å²) < 4.78 is 55.0. The zero-order valence-electron chi connectivity index (χ0n) is 55.5. The molecule has 0 unspecified atom stereocenters. The lowest BCUT2D eigenvalue weighted by atomic mass is 10.0. The van der Waals surface area contributed by atoms with Gasteiger partial charge in [-0.2, -0.15) is 8.42 Å². The van der Waals surface area contributed by atoms with Gasteiger partial charge in [0.25, 0.3) is 27.8 Å². The minimum Gasteiger partial charge on any atom is -0.508 e. The molecule has 1 N–H and O–H groups in total. The first kappa shape index (κ1) is 71.1. The predicted octanol–water partition coefficient (Wildman–Crippen LogP) is 13.7. The number of anilines is 6. The summed E-state index contributed by atoms with van der Waals surface area (Å²) in [6.07, 6.45) is -0.121. The average molecular weight is 1390 g/mol. The lowest BCUT2D eigenvalue weighted by molar-refractivity contribution is -0.121. The normalized spacial score (nSPS) is 17.8. The van der Waals surface area contributed by atoms with Crippen molar-refractivity contribution < 1.29 is 55.8 Å². The molecular weight excluding hydrogens is 1320 g/mol.